The number of hydrogen-bond acceptors (Lipinski definition) is 3. The second kappa shape index (κ2) is 7.09. The van der Waals surface area contributed by atoms with Crippen molar-refractivity contribution in [3.8, 4) is 5.75 Å². The molecule has 5 heteroatoms. The Hall–Kier alpha value is -1.33. The summed E-state index contributed by atoms with van der Waals surface area (Å²) in [6.45, 7) is 8.45. The molecule has 0 saturated carbocycles. The van der Waals surface area contributed by atoms with E-state index >= 15 is 0 Å². The summed E-state index contributed by atoms with van der Waals surface area (Å²) in [5, 5.41) is 7.74. The van der Waals surface area contributed by atoms with Crippen molar-refractivity contribution < 1.29 is 4.74 Å². The van der Waals surface area contributed by atoms with Gasteiger partial charge in [0.1, 0.15) is 12.4 Å². The van der Waals surface area contributed by atoms with Crippen LogP contribution in [0.4, 0.5) is 0 Å². The van der Waals surface area contributed by atoms with Crippen molar-refractivity contribution in [3.05, 3.63) is 45.2 Å². The van der Waals surface area contributed by atoms with Crippen LogP contribution in [0.5, 0.6) is 5.75 Å². The van der Waals surface area contributed by atoms with Gasteiger partial charge in [-0.3, -0.25) is 4.68 Å². The van der Waals surface area contributed by atoms with Crippen LogP contribution in [0, 0.1) is 13.8 Å². The zero-order chi connectivity index (χ0) is 15.4. The van der Waals surface area contributed by atoms with E-state index in [-0.39, 0.29) is 0 Å². The highest BCUT2D eigenvalue weighted by Crippen LogP contribution is 2.24. The fourth-order valence-electron chi connectivity index (χ4n) is 2.23. The van der Waals surface area contributed by atoms with E-state index in [2.05, 4.69) is 52.3 Å². The van der Waals surface area contributed by atoms with Gasteiger partial charge in [0.05, 0.1) is 15.9 Å². The van der Waals surface area contributed by atoms with Crippen molar-refractivity contribution in [1.82, 2.24) is 15.1 Å². The fourth-order valence-corrected chi connectivity index (χ4v) is 2.68. The maximum atomic E-state index is 6.02. The molecule has 1 heterocycles. The van der Waals surface area contributed by atoms with Crippen molar-refractivity contribution in [2.24, 2.45) is 7.05 Å². The highest BCUT2D eigenvalue weighted by atomic mass is 79.9. The van der Waals surface area contributed by atoms with Crippen molar-refractivity contribution >= 4 is 15.9 Å². The molecule has 0 atom stereocenters. The third-order valence-corrected chi connectivity index (χ3v) is 4.44. The second-order valence-electron chi connectivity index (χ2n) is 5.15. The van der Waals surface area contributed by atoms with Gasteiger partial charge >= 0.3 is 0 Å². The van der Waals surface area contributed by atoms with Gasteiger partial charge in [-0.1, -0.05) is 24.6 Å². The zero-order valence-corrected chi connectivity index (χ0v) is 14.6. The molecule has 1 N–H and O–H groups in total. The Bertz CT molecular complexity index is 622. The molecule has 4 nitrogen and oxygen atoms in total. The molecule has 0 aliphatic carbocycles. The summed E-state index contributed by atoms with van der Waals surface area (Å²) in [5.41, 5.74) is 4.45. The van der Waals surface area contributed by atoms with E-state index in [1.165, 1.54) is 11.1 Å². The number of hydrogen-bond donors (Lipinski definition) is 1. The molecular formula is C16H22BrN3O. The summed E-state index contributed by atoms with van der Waals surface area (Å²) >= 11 is 3.57. The quantitative estimate of drug-likeness (QED) is 0.865. The molecule has 0 aliphatic heterocycles. The van der Waals surface area contributed by atoms with Gasteiger partial charge in [0.25, 0.3) is 0 Å². The zero-order valence-electron chi connectivity index (χ0n) is 13.0. The lowest BCUT2D eigenvalue weighted by atomic mass is 10.1. The highest BCUT2D eigenvalue weighted by Gasteiger charge is 2.12. The van der Waals surface area contributed by atoms with Crippen LogP contribution in [0.3, 0.4) is 0 Å². The van der Waals surface area contributed by atoms with E-state index in [0.717, 1.165) is 34.7 Å². The first-order valence-electron chi connectivity index (χ1n) is 7.14. The van der Waals surface area contributed by atoms with Crippen LogP contribution in [-0.2, 0) is 20.2 Å². The Kier molecular flexibility index (Phi) is 5.42. The minimum atomic E-state index is 0.500. The van der Waals surface area contributed by atoms with Crippen molar-refractivity contribution in [2.75, 3.05) is 6.54 Å². The molecule has 0 spiro atoms. The van der Waals surface area contributed by atoms with Gasteiger partial charge in [0.2, 0.25) is 0 Å². The maximum absolute atomic E-state index is 6.02. The summed E-state index contributed by atoms with van der Waals surface area (Å²) in [4.78, 5) is 0. The first-order valence-corrected chi connectivity index (χ1v) is 7.93. The molecule has 1 aromatic heterocycles. The van der Waals surface area contributed by atoms with Crippen molar-refractivity contribution in [3.63, 3.8) is 0 Å². The number of benzene rings is 1. The molecule has 0 aliphatic rings. The largest absolute Gasteiger partial charge is 0.487 e. The Morgan fingerprint density at radius 2 is 2.10 bits per heavy atom. The van der Waals surface area contributed by atoms with Crippen LogP contribution in [-0.4, -0.2) is 16.3 Å². The minimum absolute atomic E-state index is 0.500. The molecule has 2 rings (SSSR count). The van der Waals surface area contributed by atoms with Crippen LogP contribution >= 0.6 is 15.9 Å². The van der Waals surface area contributed by atoms with Crippen LogP contribution in [0.2, 0.25) is 0 Å². The first-order chi connectivity index (χ1) is 10.0. The molecule has 114 valence electrons. The Morgan fingerprint density at radius 3 is 2.71 bits per heavy atom. The van der Waals surface area contributed by atoms with Crippen LogP contribution in [0.15, 0.2) is 22.7 Å². The van der Waals surface area contributed by atoms with Gasteiger partial charge in [0.15, 0.2) is 0 Å². The fraction of sp³-hybridized carbons (Fsp3) is 0.438. The molecule has 0 bridgehead atoms. The Labute approximate surface area is 134 Å². The third-order valence-electron chi connectivity index (χ3n) is 3.41. The second-order valence-corrected chi connectivity index (χ2v) is 5.94. The van der Waals surface area contributed by atoms with E-state index in [4.69, 9.17) is 4.74 Å². The molecular weight excluding hydrogens is 330 g/mol. The molecule has 0 radical (unpaired) electrons. The molecule has 0 amide bonds. The summed E-state index contributed by atoms with van der Waals surface area (Å²) in [6, 6.07) is 6.29. The van der Waals surface area contributed by atoms with Crippen LogP contribution in [0.25, 0.3) is 0 Å². The molecule has 0 saturated heterocycles. The van der Waals surface area contributed by atoms with Gasteiger partial charge < -0.3 is 10.1 Å². The normalized spacial score (nSPS) is 10.9. The predicted molar refractivity (Wildman–Crippen MR) is 88.5 cm³/mol. The van der Waals surface area contributed by atoms with Gasteiger partial charge in [0, 0.05) is 19.2 Å². The van der Waals surface area contributed by atoms with Crippen LogP contribution < -0.4 is 10.1 Å². The van der Waals surface area contributed by atoms with E-state index in [1.807, 2.05) is 24.7 Å². The summed E-state index contributed by atoms with van der Waals surface area (Å²) in [5.74, 6) is 0.923. The maximum Gasteiger partial charge on any atom is 0.131 e. The number of nitrogens with zero attached hydrogens (tertiary/aromatic N) is 2. The van der Waals surface area contributed by atoms with Gasteiger partial charge in [-0.2, -0.15) is 5.10 Å². The van der Waals surface area contributed by atoms with Crippen molar-refractivity contribution in [2.45, 2.75) is 33.9 Å². The number of ether oxygens (including phenoxy) is 1. The van der Waals surface area contributed by atoms with Gasteiger partial charge in [-0.15, -0.1) is 0 Å². The third kappa shape index (κ3) is 3.86. The standard InChI is InChI=1S/C16H22BrN3O/c1-5-18-9-13-8-11(2)6-7-15(13)21-10-14-16(17)12(3)19-20(14)4/h6-8,18H,5,9-10H2,1-4H3. The van der Waals surface area contributed by atoms with E-state index in [0.29, 0.717) is 6.61 Å². The molecule has 0 fully saturated rings. The smallest absolute Gasteiger partial charge is 0.131 e. The van der Waals surface area contributed by atoms with Gasteiger partial charge in [-0.05, 0) is 42.4 Å². The Morgan fingerprint density at radius 1 is 1.33 bits per heavy atom. The topological polar surface area (TPSA) is 39.1 Å². The SMILES string of the molecule is CCNCc1cc(C)ccc1OCc1c(Br)c(C)nn1C. The molecule has 2 aromatic rings. The monoisotopic (exact) mass is 351 g/mol. The molecule has 0 unspecified atom stereocenters. The summed E-state index contributed by atoms with van der Waals surface area (Å²) in [7, 11) is 1.94. The minimum Gasteiger partial charge on any atom is -0.487 e. The van der Waals surface area contributed by atoms with E-state index < -0.39 is 0 Å². The highest BCUT2D eigenvalue weighted by molar-refractivity contribution is 9.10. The lowest BCUT2D eigenvalue weighted by molar-refractivity contribution is 0.290. The summed E-state index contributed by atoms with van der Waals surface area (Å²) < 4.78 is 8.90. The van der Waals surface area contributed by atoms with E-state index in [1.54, 1.807) is 0 Å². The number of rotatable bonds is 6. The Balaban J connectivity index is 2.15. The first kappa shape index (κ1) is 16.0. The molecule has 1 aromatic carbocycles. The van der Waals surface area contributed by atoms with E-state index in [9.17, 15) is 0 Å². The predicted octanol–water partition coefficient (Wildman–Crippen LogP) is 3.49. The number of halogens is 1. The van der Waals surface area contributed by atoms with Crippen molar-refractivity contribution in [1.29, 1.82) is 0 Å². The molecule has 21 heavy (non-hydrogen) atoms. The lowest BCUT2D eigenvalue weighted by Gasteiger charge is -2.13. The number of aromatic nitrogens is 2. The van der Waals surface area contributed by atoms with Gasteiger partial charge in [-0.25, -0.2) is 0 Å². The number of nitrogens with one attached hydrogen (secondary N) is 1. The lowest BCUT2D eigenvalue weighted by Crippen LogP contribution is -2.13. The summed E-state index contributed by atoms with van der Waals surface area (Å²) in [6.07, 6.45) is 0. The average molecular weight is 352 g/mol. The van der Waals surface area contributed by atoms with Crippen LogP contribution in [0.1, 0.15) is 29.4 Å². The average Bonchev–Trinajstić information content (AvgIpc) is 2.69. The number of aryl methyl sites for hydroxylation is 3.